The van der Waals surface area contributed by atoms with Crippen LogP contribution in [0, 0.1) is 0 Å². The third kappa shape index (κ3) is 8.08. The molecule has 1 aromatic carbocycles. The summed E-state index contributed by atoms with van der Waals surface area (Å²) in [4.78, 5) is 7.18. The van der Waals surface area contributed by atoms with Crippen molar-refractivity contribution in [3.8, 4) is 11.5 Å². The topological polar surface area (TPSA) is 87.6 Å². The van der Waals surface area contributed by atoms with E-state index in [1.54, 1.807) is 14.2 Å². The quantitative estimate of drug-likeness (QED) is 0.375. The molecule has 164 valence electrons. The van der Waals surface area contributed by atoms with Gasteiger partial charge < -0.3 is 34.9 Å². The Morgan fingerprint density at radius 1 is 1.21 bits per heavy atom. The van der Waals surface area contributed by atoms with Gasteiger partial charge in [0, 0.05) is 39.3 Å². The number of hydrogen-bond acceptors (Lipinski definition) is 6. The maximum absolute atomic E-state index is 8.92. The number of guanidine groups is 1. The Labute approximate surface area is 174 Å². The third-order valence-corrected chi connectivity index (χ3v) is 4.88. The van der Waals surface area contributed by atoms with Gasteiger partial charge in [-0.15, -0.1) is 0 Å². The minimum absolute atomic E-state index is 0.0295. The Kier molecular flexibility index (Phi) is 10.6. The van der Waals surface area contributed by atoms with Crippen LogP contribution in [0.2, 0.25) is 0 Å². The summed E-state index contributed by atoms with van der Waals surface area (Å²) >= 11 is 0. The number of ether oxygens (including phenoxy) is 3. The average molecular weight is 409 g/mol. The van der Waals surface area contributed by atoms with Gasteiger partial charge in [-0.05, 0) is 37.5 Å². The van der Waals surface area contributed by atoms with Crippen molar-refractivity contribution in [3.05, 3.63) is 23.8 Å². The Bertz CT molecular complexity index is 619. The van der Waals surface area contributed by atoms with Crippen LogP contribution >= 0.6 is 0 Å². The molecule has 0 amide bonds. The minimum atomic E-state index is -0.0295. The summed E-state index contributed by atoms with van der Waals surface area (Å²) in [6.07, 6.45) is 2.19. The molecule has 0 atom stereocenters. The number of piperidine rings is 1. The summed E-state index contributed by atoms with van der Waals surface area (Å²) in [6, 6.07) is 6.18. The molecule has 0 radical (unpaired) electrons. The normalized spacial score (nSPS) is 15.9. The lowest BCUT2D eigenvalue weighted by Crippen LogP contribution is -2.49. The van der Waals surface area contributed by atoms with E-state index in [0.717, 1.165) is 57.2 Å². The van der Waals surface area contributed by atoms with Crippen molar-refractivity contribution in [1.82, 2.24) is 15.5 Å². The van der Waals surface area contributed by atoms with Crippen LogP contribution in [0.25, 0.3) is 0 Å². The molecule has 0 aromatic heterocycles. The number of rotatable bonds is 11. The van der Waals surface area contributed by atoms with Gasteiger partial charge in [0.15, 0.2) is 17.5 Å². The van der Waals surface area contributed by atoms with Gasteiger partial charge in [-0.1, -0.05) is 6.07 Å². The van der Waals surface area contributed by atoms with Crippen LogP contribution in [0.1, 0.15) is 25.3 Å². The Morgan fingerprint density at radius 3 is 2.66 bits per heavy atom. The molecule has 1 aliphatic heterocycles. The number of methoxy groups -OCH3 is 2. The highest BCUT2D eigenvalue weighted by Crippen LogP contribution is 2.28. The van der Waals surface area contributed by atoms with Crippen molar-refractivity contribution in [2.45, 2.75) is 32.4 Å². The SMILES string of the molecule is CCNC(=NCc1ccc(OCCO)c(OC)c1)NC1CCN(CCOC)CC1. The Morgan fingerprint density at radius 2 is 2.00 bits per heavy atom. The van der Waals surface area contributed by atoms with Crippen molar-refractivity contribution >= 4 is 5.96 Å². The highest BCUT2D eigenvalue weighted by molar-refractivity contribution is 5.80. The maximum atomic E-state index is 8.92. The van der Waals surface area contributed by atoms with E-state index in [2.05, 4.69) is 22.5 Å². The molecule has 0 saturated carbocycles. The number of nitrogens with one attached hydrogen (secondary N) is 2. The number of aliphatic imine (C=N–C) groups is 1. The van der Waals surface area contributed by atoms with E-state index in [4.69, 9.17) is 24.3 Å². The van der Waals surface area contributed by atoms with Gasteiger partial charge in [0.1, 0.15) is 6.61 Å². The van der Waals surface area contributed by atoms with Crippen LogP contribution in [0.4, 0.5) is 0 Å². The van der Waals surface area contributed by atoms with Crippen LogP contribution in [-0.4, -0.2) is 82.2 Å². The Hall–Kier alpha value is -2.03. The van der Waals surface area contributed by atoms with Crippen LogP contribution in [0.5, 0.6) is 11.5 Å². The average Bonchev–Trinajstić information content (AvgIpc) is 2.76. The largest absolute Gasteiger partial charge is 0.493 e. The molecular weight excluding hydrogens is 372 g/mol. The summed E-state index contributed by atoms with van der Waals surface area (Å²) < 4.78 is 16.1. The highest BCUT2D eigenvalue weighted by Gasteiger charge is 2.19. The molecular formula is C21H36N4O4. The molecule has 1 aromatic rings. The minimum Gasteiger partial charge on any atom is -0.493 e. The number of aliphatic hydroxyl groups is 1. The number of aliphatic hydroxyl groups excluding tert-OH is 1. The lowest BCUT2D eigenvalue weighted by molar-refractivity contribution is 0.128. The van der Waals surface area contributed by atoms with Gasteiger partial charge in [0.25, 0.3) is 0 Å². The number of likely N-dealkylation sites (tertiary alicyclic amines) is 1. The second-order valence-corrected chi connectivity index (χ2v) is 7.01. The van der Waals surface area contributed by atoms with Gasteiger partial charge in [-0.25, -0.2) is 4.99 Å². The fourth-order valence-corrected chi connectivity index (χ4v) is 3.29. The molecule has 0 aliphatic carbocycles. The van der Waals surface area contributed by atoms with Crippen molar-refractivity contribution in [2.75, 3.05) is 60.2 Å². The molecule has 0 spiro atoms. The zero-order chi connectivity index (χ0) is 20.9. The standard InChI is InChI=1S/C21H36N4O4/c1-4-22-21(24-18-7-9-25(10-8-18)11-13-27-2)23-16-17-5-6-19(29-14-12-26)20(15-17)28-3/h5-6,15,18,26H,4,7-14,16H2,1-3H3,(H2,22,23,24). The van der Waals surface area contributed by atoms with E-state index >= 15 is 0 Å². The summed E-state index contributed by atoms with van der Waals surface area (Å²) in [5.41, 5.74) is 1.03. The monoisotopic (exact) mass is 408 g/mol. The van der Waals surface area contributed by atoms with Crippen LogP contribution in [0.15, 0.2) is 23.2 Å². The first-order chi connectivity index (χ1) is 14.2. The van der Waals surface area contributed by atoms with Crippen LogP contribution < -0.4 is 20.1 Å². The lowest BCUT2D eigenvalue weighted by atomic mass is 10.1. The van der Waals surface area contributed by atoms with Crippen molar-refractivity contribution < 1.29 is 19.3 Å². The number of hydrogen-bond donors (Lipinski definition) is 3. The fourth-order valence-electron chi connectivity index (χ4n) is 3.29. The van der Waals surface area contributed by atoms with Crippen LogP contribution in [0.3, 0.4) is 0 Å². The third-order valence-electron chi connectivity index (χ3n) is 4.88. The first-order valence-electron chi connectivity index (χ1n) is 10.4. The first kappa shape index (κ1) is 23.3. The molecule has 1 aliphatic rings. The molecule has 8 nitrogen and oxygen atoms in total. The van der Waals surface area contributed by atoms with E-state index < -0.39 is 0 Å². The van der Waals surface area contributed by atoms with Crippen molar-refractivity contribution in [1.29, 1.82) is 0 Å². The van der Waals surface area contributed by atoms with Gasteiger partial charge in [0.05, 0.1) is 26.9 Å². The molecule has 2 rings (SSSR count). The summed E-state index contributed by atoms with van der Waals surface area (Å²) in [5, 5.41) is 15.8. The Balaban J connectivity index is 1.91. The molecule has 3 N–H and O–H groups in total. The molecule has 0 unspecified atom stereocenters. The van der Waals surface area contributed by atoms with E-state index in [9.17, 15) is 0 Å². The van der Waals surface area contributed by atoms with E-state index in [0.29, 0.717) is 24.1 Å². The van der Waals surface area contributed by atoms with E-state index in [-0.39, 0.29) is 13.2 Å². The highest BCUT2D eigenvalue weighted by atomic mass is 16.5. The maximum Gasteiger partial charge on any atom is 0.191 e. The second kappa shape index (κ2) is 13.2. The molecule has 1 saturated heterocycles. The van der Waals surface area contributed by atoms with E-state index in [1.165, 1.54) is 0 Å². The molecule has 1 heterocycles. The summed E-state index contributed by atoms with van der Waals surface area (Å²) in [5.74, 6) is 2.11. The smallest absolute Gasteiger partial charge is 0.191 e. The van der Waals surface area contributed by atoms with Crippen LogP contribution in [-0.2, 0) is 11.3 Å². The zero-order valence-corrected chi connectivity index (χ0v) is 17.9. The summed E-state index contributed by atoms with van der Waals surface area (Å²) in [6.45, 7) is 7.58. The first-order valence-corrected chi connectivity index (χ1v) is 10.4. The number of benzene rings is 1. The van der Waals surface area contributed by atoms with Crippen molar-refractivity contribution in [2.24, 2.45) is 4.99 Å². The number of nitrogens with zero attached hydrogens (tertiary/aromatic N) is 2. The zero-order valence-electron chi connectivity index (χ0n) is 17.9. The van der Waals surface area contributed by atoms with Gasteiger partial charge in [-0.3, -0.25) is 0 Å². The van der Waals surface area contributed by atoms with Crippen molar-refractivity contribution in [3.63, 3.8) is 0 Å². The molecule has 1 fully saturated rings. The predicted molar refractivity (Wildman–Crippen MR) is 115 cm³/mol. The van der Waals surface area contributed by atoms with Gasteiger partial charge >= 0.3 is 0 Å². The predicted octanol–water partition coefficient (Wildman–Crippen LogP) is 1.23. The molecule has 0 bridgehead atoms. The van der Waals surface area contributed by atoms with Gasteiger partial charge in [0.2, 0.25) is 0 Å². The van der Waals surface area contributed by atoms with Gasteiger partial charge in [-0.2, -0.15) is 0 Å². The summed E-state index contributed by atoms with van der Waals surface area (Å²) in [7, 11) is 3.36. The molecule has 29 heavy (non-hydrogen) atoms. The van der Waals surface area contributed by atoms with E-state index in [1.807, 2.05) is 18.2 Å². The lowest BCUT2D eigenvalue weighted by Gasteiger charge is -2.32. The fraction of sp³-hybridized carbons (Fsp3) is 0.667. The molecule has 8 heteroatoms. The second-order valence-electron chi connectivity index (χ2n) is 7.01.